The molecule has 0 saturated carbocycles. The first-order chi connectivity index (χ1) is 5.90. The van der Waals surface area contributed by atoms with E-state index in [1.165, 1.54) is 15.0 Å². The molecule has 1 aromatic heterocycles. The Balaban J connectivity index is 2.62. The molecule has 0 saturated heterocycles. The van der Waals surface area contributed by atoms with Gasteiger partial charge in [0.15, 0.2) is 0 Å². The van der Waals surface area contributed by atoms with Crippen LogP contribution in [0.25, 0.3) is 16.2 Å². The molecule has 0 spiro atoms. The van der Waals surface area contributed by atoms with Gasteiger partial charge in [-0.3, -0.25) is 0 Å². The Morgan fingerprint density at radius 3 is 2.83 bits per heavy atom. The van der Waals surface area contributed by atoms with Crippen LogP contribution in [0.5, 0.6) is 0 Å². The molecule has 0 aliphatic rings. The molecule has 0 unspecified atom stereocenters. The van der Waals surface area contributed by atoms with E-state index in [1.807, 2.05) is 18.3 Å². The second kappa shape index (κ2) is 3.11. The van der Waals surface area contributed by atoms with Gasteiger partial charge in [-0.15, -0.1) is 11.3 Å². The van der Waals surface area contributed by atoms with Gasteiger partial charge in [0.25, 0.3) is 0 Å². The third kappa shape index (κ3) is 1.28. The topological polar surface area (TPSA) is 0 Å². The highest BCUT2D eigenvalue weighted by molar-refractivity contribution is 7.19. The Bertz CT molecular complexity index is 377. The SMILES string of the molecule is CC=Cc1cc2ccccc2s1. The van der Waals surface area contributed by atoms with Crippen molar-refractivity contribution in [1.29, 1.82) is 0 Å². The second-order valence-electron chi connectivity index (χ2n) is 2.69. The highest BCUT2D eigenvalue weighted by atomic mass is 32.1. The van der Waals surface area contributed by atoms with Crippen molar-refractivity contribution in [3.63, 3.8) is 0 Å². The minimum atomic E-state index is 1.33. The summed E-state index contributed by atoms with van der Waals surface area (Å²) in [7, 11) is 0. The van der Waals surface area contributed by atoms with E-state index in [4.69, 9.17) is 0 Å². The molecular formula is C11H10S. The molecule has 0 radical (unpaired) electrons. The summed E-state index contributed by atoms with van der Waals surface area (Å²) in [6.45, 7) is 2.05. The molecule has 0 bridgehead atoms. The van der Waals surface area contributed by atoms with E-state index in [2.05, 4.69) is 42.5 Å². The first-order valence-electron chi connectivity index (χ1n) is 4.01. The molecule has 1 heteroatoms. The van der Waals surface area contributed by atoms with Crippen molar-refractivity contribution in [3.8, 4) is 0 Å². The Morgan fingerprint density at radius 1 is 1.25 bits per heavy atom. The number of allylic oxidation sites excluding steroid dienone is 1. The lowest BCUT2D eigenvalue weighted by Gasteiger charge is -1.82. The molecule has 0 atom stereocenters. The van der Waals surface area contributed by atoms with Gasteiger partial charge in [0.05, 0.1) is 0 Å². The zero-order valence-electron chi connectivity index (χ0n) is 6.95. The fourth-order valence-electron chi connectivity index (χ4n) is 1.25. The summed E-state index contributed by atoms with van der Waals surface area (Å²) in [6.07, 6.45) is 4.22. The fourth-order valence-corrected chi connectivity index (χ4v) is 2.28. The lowest BCUT2D eigenvalue weighted by molar-refractivity contribution is 1.79. The standard InChI is InChI=1S/C11H10S/c1-2-5-10-8-9-6-3-4-7-11(9)12-10/h2-8H,1H3. The van der Waals surface area contributed by atoms with Crippen LogP contribution in [0.3, 0.4) is 0 Å². The van der Waals surface area contributed by atoms with Gasteiger partial charge in [-0.1, -0.05) is 24.3 Å². The normalized spacial score (nSPS) is 11.4. The highest BCUT2D eigenvalue weighted by Gasteiger charge is 1.95. The maximum Gasteiger partial charge on any atom is 0.0349 e. The van der Waals surface area contributed by atoms with Gasteiger partial charge in [0.1, 0.15) is 0 Å². The van der Waals surface area contributed by atoms with Crippen molar-refractivity contribution in [2.24, 2.45) is 0 Å². The minimum Gasteiger partial charge on any atom is -0.136 e. The van der Waals surface area contributed by atoms with Gasteiger partial charge >= 0.3 is 0 Å². The molecule has 0 aliphatic heterocycles. The van der Waals surface area contributed by atoms with Crippen LogP contribution >= 0.6 is 11.3 Å². The minimum absolute atomic E-state index is 1.33. The van der Waals surface area contributed by atoms with Crippen LogP contribution in [0.2, 0.25) is 0 Å². The van der Waals surface area contributed by atoms with E-state index >= 15 is 0 Å². The zero-order chi connectivity index (χ0) is 8.39. The van der Waals surface area contributed by atoms with Crippen LogP contribution in [0, 0.1) is 0 Å². The van der Waals surface area contributed by atoms with E-state index < -0.39 is 0 Å². The second-order valence-corrected chi connectivity index (χ2v) is 3.80. The summed E-state index contributed by atoms with van der Waals surface area (Å²) < 4.78 is 1.37. The first-order valence-corrected chi connectivity index (χ1v) is 4.83. The number of hydrogen-bond donors (Lipinski definition) is 0. The van der Waals surface area contributed by atoms with Gasteiger partial charge in [0, 0.05) is 9.58 Å². The van der Waals surface area contributed by atoms with Crippen molar-refractivity contribution in [2.45, 2.75) is 6.92 Å². The van der Waals surface area contributed by atoms with Gasteiger partial charge in [-0.25, -0.2) is 0 Å². The Morgan fingerprint density at radius 2 is 2.08 bits per heavy atom. The smallest absolute Gasteiger partial charge is 0.0349 e. The lowest BCUT2D eigenvalue weighted by atomic mass is 10.2. The third-order valence-corrected chi connectivity index (χ3v) is 2.86. The van der Waals surface area contributed by atoms with Crippen molar-refractivity contribution in [2.75, 3.05) is 0 Å². The van der Waals surface area contributed by atoms with Crippen LogP contribution in [0.1, 0.15) is 11.8 Å². The Kier molecular flexibility index (Phi) is 1.96. The van der Waals surface area contributed by atoms with E-state index in [0.29, 0.717) is 0 Å². The van der Waals surface area contributed by atoms with Crippen LogP contribution in [0.4, 0.5) is 0 Å². The van der Waals surface area contributed by atoms with E-state index in [9.17, 15) is 0 Å². The molecular weight excluding hydrogens is 164 g/mol. The molecule has 12 heavy (non-hydrogen) atoms. The van der Waals surface area contributed by atoms with E-state index in [-0.39, 0.29) is 0 Å². The van der Waals surface area contributed by atoms with E-state index in [0.717, 1.165) is 0 Å². The largest absolute Gasteiger partial charge is 0.136 e. The van der Waals surface area contributed by atoms with Crippen LogP contribution in [0.15, 0.2) is 36.4 Å². The first kappa shape index (κ1) is 7.56. The summed E-state index contributed by atoms with van der Waals surface area (Å²) >= 11 is 1.84. The molecule has 0 amide bonds. The predicted molar refractivity (Wildman–Crippen MR) is 56.5 cm³/mol. The molecule has 0 aliphatic carbocycles. The molecule has 0 N–H and O–H groups in total. The molecule has 60 valence electrons. The zero-order valence-corrected chi connectivity index (χ0v) is 7.77. The van der Waals surface area contributed by atoms with Crippen molar-refractivity contribution < 1.29 is 0 Å². The average molecular weight is 174 g/mol. The number of thiophene rings is 1. The number of fused-ring (bicyclic) bond motifs is 1. The number of rotatable bonds is 1. The molecule has 0 nitrogen and oxygen atoms in total. The van der Waals surface area contributed by atoms with Gasteiger partial charge < -0.3 is 0 Å². The average Bonchev–Trinajstić information content (AvgIpc) is 2.47. The van der Waals surface area contributed by atoms with Crippen molar-refractivity contribution >= 4 is 27.5 Å². The predicted octanol–water partition coefficient (Wildman–Crippen LogP) is 3.93. The van der Waals surface area contributed by atoms with Crippen LogP contribution < -0.4 is 0 Å². The van der Waals surface area contributed by atoms with Gasteiger partial charge in [-0.05, 0) is 30.5 Å². The van der Waals surface area contributed by atoms with Crippen molar-refractivity contribution in [3.05, 3.63) is 41.3 Å². The summed E-state index contributed by atoms with van der Waals surface area (Å²) in [6, 6.07) is 10.7. The maximum atomic E-state index is 2.22. The summed E-state index contributed by atoms with van der Waals surface area (Å²) in [5.41, 5.74) is 0. The molecule has 1 heterocycles. The lowest BCUT2D eigenvalue weighted by Crippen LogP contribution is -1.57. The summed E-state index contributed by atoms with van der Waals surface area (Å²) in [5, 5.41) is 1.34. The van der Waals surface area contributed by atoms with Crippen LogP contribution in [-0.4, -0.2) is 0 Å². The molecule has 0 fully saturated rings. The van der Waals surface area contributed by atoms with Crippen molar-refractivity contribution in [1.82, 2.24) is 0 Å². The Labute approximate surface area is 76.2 Å². The van der Waals surface area contributed by atoms with Gasteiger partial charge in [0.2, 0.25) is 0 Å². The van der Waals surface area contributed by atoms with E-state index in [1.54, 1.807) is 0 Å². The molecule has 2 aromatic rings. The third-order valence-electron chi connectivity index (χ3n) is 1.78. The summed E-state index contributed by atoms with van der Waals surface area (Å²) in [5.74, 6) is 0. The molecule has 2 rings (SSSR count). The fraction of sp³-hybridized carbons (Fsp3) is 0.0909. The molecule has 1 aromatic carbocycles. The highest BCUT2D eigenvalue weighted by Crippen LogP contribution is 2.25. The number of benzene rings is 1. The quantitative estimate of drug-likeness (QED) is 0.614. The monoisotopic (exact) mass is 174 g/mol. The number of hydrogen-bond acceptors (Lipinski definition) is 1. The van der Waals surface area contributed by atoms with Crippen LogP contribution in [-0.2, 0) is 0 Å². The Hall–Kier alpha value is -1.08. The maximum absolute atomic E-state index is 2.22. The van der Waals surface area contributed by atoms with Gasteiger partial charge in [-0.2, -0.15) is 0 Å². The summed E-state index contributed by atoms with van der Waals surface area (Å²) in [4.78, 5) is 1.33.